The summed E-state index contributed by atoms with van der Waals surface area (Å²) in [4.78, 5) is 2.39. The molecule has 0 aliphatic carbocycles. The van der Waals surface area contributed by atoms with E-state index in [4.69, 9.17) is 4.42 Å². The molecule has 0 spiro atoms. The third-order valence-electron chi connectivity index (χ3n) is 9.67. The van der Waals surface area contributed by atoms with Gasteiger partial charge in [-0.15, -0.1) is 11.3 Å². The number of thiophene rings is 1. The summed E-state index contributed by atoms with van der Waals surface area (Å²) in [5.41, 5.74) is 9.87. The quantitative estimate of drug-likeness (QED) is 0.186. The minimum absolute atomic E-state index is 0.880. The highest BCUT2D eigenvalue weighted by molar-refractivity contribution is 7.27. The van der Waals surface area contributed by atoms with Crippen molar-refractivity contribution in [3.8, 4) is 22.3 Å². The summed E-state index contributed by atoms with van der Waals surface area (Å²) < 4.78 is 9.20. The Morgan fingerprint density at radius 1 is 0.388 bits per heavy atom. The van der Waals surface area contributed by atoms with Crippen LogP contribution in [0.25, 0.3) is 75.1 Å². The van der Waals surface area contributed by atoms with E-state index in [9.17, 15) is 0 Å². The van der Waals surface area contributed by atoms with Crippen LogP contribution in [0.4, 0.5) is 17.1 Å². The van der Waals surface area contributed by atoms with Crippen LogP contribution >= 0.6 is 11.3 Å². The van der Waals surface area contributed by atoms with Gasteiger partial charge < -0.3 is 9.32 Å². The van der Waals surface area contributed by atoms with Crippen molar-refractivity contribution in [3.63, 3.8) is 0 Å². The fourth-order valence-electron chi connectivity index (χ4n) is 7.39. The highest BCUT2D eigenvalue weighted by Gasteiger charge is 2.23. The molecule has 2 aromatic heterocycles. The molecule has 49 heavy (non-hydrogen) atoms. The molecule has 10 aromatic rings. The lowest BCUT2D eigenvalue weighted by Gasteiger charge is -2.26. The Hall–Kier alpha value is -6.16. The molecule has 0 atom stereocenters. The van der Waals surface area contributed by atoms with Gasteiger partial charge in [-0.3, -0.25) is 0 Å². The lowest BCUT2D eigenvalue weighted by Crippen LogP contribution is -2.10. The number of fused-ring (bicyclic) bond motifs is 8. The predicted molar refractivity (Wildman–Crippen MR) is 210 cm³/mol. The van der Waals surface area contributed by atoms with Gasteiger partial charge in [0.1, 0.15) is 5.58 Å². The molecule has 3 heteroatoms. The Kier molecular flexibility index (Phi) is 6.39. The molecule has 0 bridgehead atoms. The number of nitrogens with zero attached hydrogens (tertiary/aromatic N) is 1. The smallest absolute Gasteiger partial charge is 0.159 e. The van der Waals surface area contributed by atoms with Gasteiger partial charge in [-0.25, -0.2) is 0 Å². The average molecular weight is 644 g/mol. The van der Waals surface area contributed by atoms with Gasteiger partial charge in [0.05, 0.1) is 16.1 Å². The van der Waals surface area contributed by atoms with E-state index in [1.807, 2.05) is 17.4 Å². The van der Waals surface area contributed by atoms with E-state index in [0.29, 0.717) is 0 Å². The number of rotatable bonds is 5. The predicted octanol–water partition coefficient (Wildman–Crippen LogP) is 13.9. The average Bonchev–Trinajstić information content (AvgIpc) is 3.75. The molecule has 0 saturated carbocycles. The summed E-state index contributed by atoms with van der Waals surface area (Å²) in [5.74, 6) is 0. The molecule has 2 heterocycles. The van der Waals surface area contributed by atoms with Crippen LogP contribution < -0.4 is 4.90 Å². The Labute approximate surface area is 287 Å². The van der Waals surface area contributed by atoms with Gasteiger partial charge in [0.15, 0.2) is 5.58 Å². The van der Waals surface area contributed by atoms with Crippen molar-refractivity contribution in [2.75, 3.05) is 4.90 Å². The summed E-state index contributed by atoms with van der Waals surface area (Å²) in [6, 6.07) is 63.0. The van der Waals surface area contributed by atoms with Crippen molar-refractivity contribution in [1.29, 1.82) is 0 Å². The molecule has 0 amide bonds. The number of anilines is 3. The van der Waals surface area contributed by atoms with Crippen molar-refractivity contribution in [1.82, 2.24) is 0 Å². The van der Waals surface area contributed by atoms with E-state index in [1.54, 1.807) is 0 Å². The van der Waals surface area contributed by atoms with Crippen molar-refractivity contribution in [2.24, 2.45) is 0 Å². The van der Waals surface area contributed by atoms with E-state index < -0.39 is 0 Å². The first-order valence-electron chi connectivity index (χ1n) is 16.6. The molecule has 0 aliphatic rings. The largest absolute Gasteiger partial charge is 0.454 e. The summed E-state index contributed by atoms with van der Waals surface area (Å²) >= 11 is 1.88. The third kappa shape index (κ3) is 4.47. The standard InChI is InChI=1S/C46H29NOS/c1-3-13-30(14-4-1)31-25-27-33(28-26-31)47(41-22-11-20-36-35-18-9-10-24-43(35)48-44(36)41)42-23-12-21-38-40-29-39(32-15-5-2-6-16-32)34-17-7-8-19-37(34)45(40)49-46(38)42/h1-29H. The van der Waals surface area contributed by atoms with E-state index >= 15 is 0 Å². The molecule has 2 nitrogen and oxygen atoms in total. The number of benzene rings is 8. The SMILES string of the molecule is c1ccc(-c2ccc(N(c3cccc4c3oc3ccccc34)c3cccc4c3sc3c5ccccc5c(-c5ccccc5)cc43)cc2)cc1. The van der Waals surface area contributed by atoms with Gasteiger partial charge in [-0.1, -0.05) is 140 Å². The second-order valence-corrected chi connectivity index (χ2v) is 13.5. The number of hydrogen-bond donors (Lipinski definition) is 0. The third-order valence-corrected chi connectivity index (χ3v) is 10.9. The lowest BCUT2D eigenvalue weighted by molar-refractivity contribution is 0.669. The molecular weight excluding hydrogens is 615 g/mol. The molecule has 10 rings (SSSR count). The Balaban J connectivity index is 1.26. The lowest BCUT2D eigenvalue weighted by atomic mass is 9.95. The summed E-state index contributed by atoms with van der Waals surface area (Å²) in [5, 5.41) is 7.32. The minimum Gasteiger partial charge on any atom is -0.454 e. The zero-order valence-electron chi connectivity index (χ0n) is 26.5. The first kappa shape index (κ1) is 27.9. The second-order valence-electron chi connectivity index (χ2n) is 12.5. The molecule has 0 radical (unpaired) electrons. The van der Waals surface area contributed by atoms with Crippen LogP contribution in [0.15, 0.2) is 180 Å². The van der Waals surface area contributed by atoms with Crippen LogP contribution in [-0.2, 0) is 0 Å². The highest BCUT2D eigenvalue weighted by Crippen LogP contribution is 2.49. The van der Waals surface area contributed by atoms with Crippen LogP contribution in [0, 0.1) is 0 Å². The van der Waals surface area contributed by atoms with Gasteiger partial charge in [0.2, 0.25) is 0 Å². The van der Waals surface area contributed by atoms with Crippen LogP contribution in [0.1, 0.15) is 0 Å². The fourth-order valence-corrected chi connectivity index (χ4v) is 8.71. The second kappa shape index (κ2) is 11.2. The van der Waals surface area contributed by atoms with Crippen molar-refractivity contribution >= 4 is 81.3 Å². The summed E-state index contributed by atoms with van der Waals surface area (Å²) in [6.45, 7) is 0. The first-order chi connectivity index (χ1) is 24.3. The van der Waals surface area contributed by atoms with Gasteiger partial charge in [0, 0.05) is 37.3 Å². The maximum Gasteiger partial charge on any atom is 0.159 e. The zero-order valence-corrected chi connectivity index (χ0v) is 27.3. The number of para-hydroxylation sites is 2. The van der Waals surface area contributed by atoms with E-state index in [0.717, 1.165) is 39.0 Å². The Morgan fingerprint density at radius 2 is 0.959 bits per heavy atom. The van der Waals surface area contributed by atoms with Gasteiger partial charge in [0.25, 0.3) is 0 Å². The molecule has 0 N–H and O–H groups in total. The van der Waals surface area contributed by atoms with E-state index in [1.165, 1.54) is 53.2 Å². The van der Waals surface area contributed by atoms with Crippen LogP contribution in [-0.4, -0.2) is 0 Å². The normalized spacial score (nSPS) is 11.7. The highest BCUT2D eigenvalue weighted by atomic mass is 32.1. The molecule has 0 unspecified atom stereocenters. The molecule has 0 fully saturated rings. The van der Waals surface area contributed by atoms with Crippen LogP contribution in [0.2, 0.25) is 0 Å². The van der Waals surface area contributed by atoms with Crippen molar-refractivity contribution < 1.29 is 4.42 Å². The Bertz CT molecular complexity index is 2810. The summed E-state index contributed by atoms with van der Waals surface area (Å²) in [7, 11) is 0. The maximum absolute atomic E-state index is 6.66. The summed E-state index contributed by atoms with van der Waals surface area (Å²) in [6.07, 6.45) is 0. The maximum atomic E-state index is 6.66. The van der Waals surface area contributed by atoms with Gasteiger partial charge >= 0.3 is 0 Å². The molecule has 0 aliphatic heterocycles. The topological polar surface area (TPSA) is 16.4 Å². The van der Waals surface area contributed by atoms with Gasteiger partial charge in [-0.2, -0.15) is 0 Å². The van der Waals surface area contributed by atoms with Gasteiger partial charge in [-0.05, 0) is 64.0 Å². The zero-order chi connectivity index (χ0) is 32.3. The van der Waals surface area contributed by atoms with E-state index in [2.05, 4.69) is 175 Å². The molecule has 8 aromatic carbocycles. The van der Waals surface area contributed by atoms with E-state index in [-0.39, 0.29) is 0 Å². The molecule has 230 valence electrons. The Morgan fingerprint density at radius 3 is 1.73 bits per heavy atom. The molecular formula is C46H29NOS. The van der Waals surface area contributed by atoms with Crippen molar-refractivity contribution in [3.05, 3.63) is 176 Å². The van der Waals surface area contributed by atoms with Crippen molar-refractivity contribution in [2.45, 2.75) is 0 Å². The first-order valence-corrected chi connectivity index (χ1v) is 17.4. The van der Waals surface area contributed by atoms with Crippen LogP contribution in [0.3, 0.4) is 0 Å². The monoisotopic (exact) mass is 643 g/mol. The molecule has 0 saturated heterocycles. The number of furan rings is 1. The van der Waals surface area contributed by atoms with Crippen LogP contribution in [0.5, 0.6) is 0 Å². The minimum atomic E-state index is 0.880. The fraction of sp³-hybridized carbons (Fsp3) is 0. The number of hydrogen-bond acceptors (Lipinski definition) is 3.